The van der Waals surface area contributed by atoms with Crippen molar-refractivity contribution in [2.45, 2.75) is 13.0 Å². The van der Waals surface area contributed by atoms with Gasteiger partial charge in [0.05, 0.1) is 18.8 Å². The van der Waals surface area contributed by atoms with Gasteiger partial charge in [0.2, 0.25) is 5.88 Å². The maximum absolute atomic E-state index is 5.96. The van der Waals surface area contributed by atoms with Crippen LogP contribution in [0.5, 0.6) is 11.6 Å². The van der Waals surface area contributed by atoms with Gasteiger partial charge in [-0.3, -0.25) is 0 Å². The lowest BCUT2D eigenvalue weighted by Gasteiger charge is -2.16. The summed E-state index contributed by atoms with van der Waals surface area (Å²) in [7, 11) is 1.58. The predicted molar refractivity (Wildman–Crippen MR) is 102 cm³/mol. The van der Waals surface area contributed by atoms with E-state index in [0.717, 1.165) is 17.0 Å². The molecular weight excluding hydrogens is 352 g/mol. The second kappa shape index (κ2) is 8.49. The Balaban J connectivity index is 1.62. The summed E-state index contributed by atoms with van der Waals surface area (Å²) < 4.78 is 10.8. The summed E-state index contributed by atoms with van der Waals surface area (Å²) in [6.45, 7) is 2.49. The van der Waals surface area contributed by atoms with Crippen molar-refractivity contribution < 1.29 is 9.47 Å². The molecule has 1 unspecified atom stereocenters. The Labute approximate surface area is 157 Å². The van der Waals surface area contributed by atoms with E-state index in [-0.39, 0.29) is 6.04 Å². The average molecular weight is 371 g/mol. The zero-order chi connectivity index (χ0) is 18.4. The van der Waals surface area contributed by atoms with Crippen LogP contribution in [-0.4, -0.2) is 34.7 Å². The molecule has 0 spiro atoms. The SMILES string of the molecule is COc1ccc(-c2cc(NC(C)COc3cccc(Cl)c3)ncn2)cn1. The molecule has 0 bridgehead atoms. The highest BCUT2D eigenvalue weighted by molar-refractivity contribution is 6.30. The van der Waals surface area contributed by atoms with E-state index in [9.17, 15) is 0 Å². The number of nitrogens with one attached hydrogen (secondary N) is 1. The van der Waals surface area contributed by atoms with Crippen LogP contribution < -0.4 is 14.8 Å². The van der Waals surface area contributed by atoms with Gasteiger partial charge in [0, 0.05) is 28.9 Å². The predicted octanol–water partition coefficient (Wildman–Crippen LogP) is 4.08. The van der Waals surface area contributed by atoms with Gasteiger partial charge in [0.1, 0.15) is 24.5 Å². The molecule has 2 aromatic heterocycles. The van der Waals surface area contributed by atoms with E-state index in [4.69, 9.17) is 21.1 Å². The van der Waals surface area contributed by atoms with Gasteiger partial charge in [0.25, 0.3) is 0 Å². The van der Waals surface area contributed by atoms with Crippen molar-refractivity contribution in [1.82, 2.24) is 15.0 Å². The van der Waals surface area contributed by atoms with Crippen molar-refractivity contribution in [3.8, 4) is 22.9 Å². The number of benzene rings is 1. The lowest BCUT2D eigenvalue weighted by atomic mass is 10.2. The summed E-state index contributed by atoms with van der Waals surface area (Å²) in [6, 6.07) is 13.0. The number of nitrogens with zero attached hydrogens (tertiary/aromatic N) is 3. The topological polar surface area (TPSA) is 69.2 Å². The van der Waals surface area contributed by atoms with Gasteiger partial charge in [0.15, 0.2) is 0 Å². The molecule has 0 saturated carbocycles. The smallest absolute Gasteiger partial charge is 0.212 e. The molecule has 0 fully saturated rings. The van der Waals surface area contributed by atoms with Gasteiger partial charge >= 0.3 is 0 Å². The minimum absolute atomic E-state index is 0.0470. The van der Waals surface area contributed by atoms with Crippen molar-refractivity contribution in [2.75, 3.05) is 19.0 Å². The number of halogens is 1. The third kappa shape index (κ3) is 4.83. The summed E-state index contributed by atoms with van der Waals surface area (Å²) in [4.78, 5) is 12.8. The molecule has 0 aliphatic carbocycles. The molecular formula is C19H19ClN4O2. The standard InChI is InChI=1S/C19H19ClN4O2/c1-13(11-26-16-5-3-4-15(20)8-16)24-18-9-17(22-12-23-18)14-6-7-19(25-2)21-10-14/h3-10,12-13H,11H2,1-2H3,(H,22,23,24). The summed E-state index contributed by atoms with van der Waals surface area (Å²) in [5.74, 6) is 2.01. The van der Waals surface area contributed by atoms with Crippen LogP contribution in [-0.2, 0) is 0 Å². The fourth-order valence-electron chi connectivity index (χ4n) is 2.32. The number of ether oxygens (including phenoxy) is 2. The fraction of sp³-hybridized carbons (Fsp3) is 0.211. The van der Waals surface area contributed by atoms with Crippen LogP contribution in [0.1, 0.15) is 6.92 Å². The summed E-state index contributed by atoms with van der Waals surface area (Å²) in [5, 5.41) is 3.95. The van der Waals surface area contributed by atoms with Crippen molar-refractivity contribution >= 4 is 17.4 Å². The molecule has 0 radical (unpaired) electrons. The quantitative estimate of drug-likeness (QED) is 0.675. The van der Waals surface area contributed by atoms with Gasteiger partial charge in [-0.1, -0.05) is 17.7 Å². The molecule has 2 heterocycles. The second-order valence-corrected chi connectivity index (χ2v) is 6.13. The van der Waals surface area contributed by atoms with Gasteiger partial charge in [-0.25, -0.2) is 15.0 Å². The molecule has 0 aliphatic heterocycles. The normalized spacial score (nSPS) is 11.7. The number of pyridine rings is 1. The highest BCUT2D eigenvalue weighted by Gasteiger charge is 2.07. The number of anilines is 1. The first-order chi connectivity index (χ1) is 12.6. The van der Waals surface area contributed by atoms with E-state index in [1.54, 1.807) is 25.4 Å². The highest BCUT2D eigenvalue weighted by Crippen LogP contribution is 2.21. The molecule has 3 rings (SSSR count). The van der Waals surface area contributed by atoms with E-state index < -0.39 is 0 Å². The monoisotopic (exact) mass is 370 g/mol. The van der Waals surface area contributed by atoms with Crippen molar-refractivity contribution in [2.24, 2.45) is 0 Å². The molecule has 1 aromatic carbocycles. The minimum Gasteiger partial charge on any atom is -0.491 e. The highest BCUT2D eigenvalue weighted by atomic mass is 35.5. The van der Waals surface area contributed by atoms with Gasteiger partial charge < -0.3 is 14.8 Å². The Bertz CT molecular complexity index is 858. The van der Waals surface area contributed by atoms with E-state index in [1.165, 1.54) is 6.33 Å². The van der Waals surface area contributed by atoms with Crippen LogP contribution in [0.15, 0.2) is 55.0 Å². The Kier molecular flexibility index (Phi) is 5.86. The Morgan fingerprint density at radius 3 is 2.73 bits per heavy atom. The number of aromatic nitrogens is 3. The zero-order valence-corrected chi connectivity index (χ0v) is 15.3. The van der Waals surface area contributed by atoms with E-state index in [0.29, 0.717) is 23.3 Å². The Morgan fingerprint density at radius 1 is 1.12 bits per heavy atom. The van der Waals surface area contributed by atoms with Crippen molar-refractivity contribution in [3.05, 3.63) is 60.0 Å². The number of methoxy groups -OCH3 is 1. The summed E-state index contributed by atoms with van der Waals surface area (Å²) in [6.07, 6.45) is 3.24. The lowest BCUT2D eigenvalue weighted by Crippen LogP contribution is -2.24. The maximum Gasteiger partial charge on any atom is 0.212 e. The van der Waals surface area contributed by atoms with Crippen LogP contribution >= 0.6 is 11.6 Å². The van der Waals surface area contributed by atoms with Crippen LogP contribution in [0.3, 0.4) is 0 Å². The molecule has 3 aromatic rings. The van der Waals surface area contributed by atoms with Crippen LogP contribution in [0.2, 0.25) is 5.02 Å². The molecule has 26 heavy (non-hydrogen) atoms. The van der Waals surface area contributed by atoms with E-state index in [1.807, 2.05) is 37.3 Å². The van der Waals surface area contributed by atoms with Crippen LogP contribution in [0.25, 0.3) is 11.3 Å². The van der Waals surface area contributed by atoms with Crippen LogP contribution in [0, 0.1) is 0 Å². The summed E-state index contributed by atoms with van der Waals surface area (Å²) in [5.41, 5.74) is 1.67. The third-order valence-electron chi connectivity index (χ3n) is 3.60. The second-order valence-electron chi connectivity index (χ2n) is 5.69. The molecule has 7 heteroatoms. The number of rotatable bonds is 7. The number of hydrogen-bond donors (Lipinski definition) is 1. The van der Waals surface area contributed by atoms with E-state index in [2.05, 4.69) is 20.3 Å². The van der Waals surface area contributed by atoms with Crippen molar-refractivity contribution in [1.29, 1.82) is 0 Å². The maximum atomic E-state index is 5.96. The van der Waals surface area contributed by atoms with Gasteiger partial charge in [-0.05, 0) is 31.2 Å². The van der Waals surface area contributed by atoms with Crippen molar-refractivity contribution in [3.63, 3.8) is 0 Å². The molecule has 1 N–H and O–H groups in total. The third-order valence-corrected chi connectivity index (χ3v) is 3.83. The Morgan fingerprint density at radius 2 is 2.00 bits per heavy atom. The molecule has 0 saturated heterocycles. The summed E-state index contributed by atoms with van der Waals surface area (Å²) >= 11 is 5.96. The Hall–Kier alpha value is -2.86. The molecule has 1 atom stereocenters. The molecule has 134 valence electrons. The molecule has 6 nitrogen and oxygen atoms in total. The zero-order valence-electron chi connectivity index (χ0n) is 14.5. The van der Waals surface area contributed by atoms with Gasteiger partial charge in [-0.15, -0.1) is 0 Å². The first-order valence-electron chi connectivity index (χ1n) is 8.11. The number of hydrogen-bond acceptors (Lipinski definition) is 6. The van der Waals surface area contributed by atoms with E-state index >= 15 is 0 Å². The van der Waals surface area contributed by atoms with Gasteiger partial charge in [-0.2, -0.15) is 0 Å². The fourth-order valence-corrected chi connectivity index (χ4v) is 2.50. The van der Waals surface area contributed by atoms with Crippen LogP contribution in [0.4, 0.5) is 5.82 Å². The average Bonchev–Trinajstić information content (AvgIpc) is 2.67. The molecule has 0 aliphatic rings. The largest absolute Gasteiger partial charge is 0.491 e. The first kappa shape index (κ1) is 17.9. The molecule has 0 amide bonds. The first-order valence-corrected chi connectivity index (χ1v) is 8.49. The lowest BCUT2D eigenvalue weighted by molar-refractivity contribution is 0.304. The minimum atomic E-state index is 0.0470.